The Morgan fingerprint density at radius 1 is 1.15 bits per heavy atom. The van der Waals surface area contributed by atoms with Crippen LogP contribution in [0.15, 0.2) is 0 Å². The monoisotopic (exact) mass is 181 g/mol. The lowest BCUT2D eigenvalue weighted by atomic mass is 9.46. The van der Waals surface area contributed by atoms with E-state index in [0.29, 0.717) is 5.31 Å². The first-order valence-corrected chi connectivity index (χ1v) is 5.74. The van der Waals surface area contributed by atoms with Gasteiger partial charge in [0.2, 0.25) is 0 Å². The first kappa shape index (κ1) is 13.1. The summed E-state index contributed by atoms with van der Waals surface area (Å²) >= 11 is 0. The minimum atomic E-state index is 0.405. The molecule has 0 aliphatic carbocycles. The molecule has 77 valence electrons. The molecule has 13 heavy (non-hydrogen) atoms. The molecular weight excluding hydrogens is 155 g/mol. The van der Waals surface area contributed by atoms with Gasteiger partial charge in [-0.05, 0) is 5.92 Å². The van der Waals surface area contributed by atoms with Crippen LogP contribution in [-0.2, 0) is 0 Å². The molecule has 0 spiro atoms. The summed E-state index contributed by atoms with van der Waals surface area (Å²) in [5, 5.41) is 0.405. The molecule has 0 nitrogen and oxygen atoms in total. The summed E-state index contributed by atoms with van der Waals surface area (Å²) in [5.74, 6) is 1.62. The van der Waals surface area contributed by atoms with Crippen LogP contribution in [-0.4, -0.2) is 7.28 Å². The second-order valence-electron chi connectivity index (χ2n) is 5.31. The fourth-order valence-electron chi connectivity index (χ4n) is 1.35. The van der Waals surface area contributed by atoms with Crippen LogP contribution in [0.4, 0.5) is 0 Å². The number of hydrogen-bond donors (Lipinski definition) is 0. The van der Waals surface area contributed by atoms with E-state index in [1.807, 2.05) is 0 Å². The van der Waals surface area contributed by atoms with E-state index in [-0.39, 0.29) is 0 Å². The first-order chi connectivity index (χ1) is 5.90. The molecule has 0 amide bonds. The van der Waals surface area contributed by atoms with Crippen LogP contribution in [0.3, 0.4) is 0 Å². The van der Waals surface area contributed by atoms with Gasteiger partial charge in [0.25, 0.3) is 0 Å². The summed E-state index contributed by atoms with van der Waals surface area (Å²) in [5.41, 5.74) is 0. The lowest BCUT2D eigenvalue weighted by Crippen LogP contribution is -2.20. The van der Waals surface area contributed by atoms with Crippen molar-refractivity contribution in [2.75, 3.05) is 0 Å². The normalized spacial score (nSPS) is 14.7. The Balaban J connectivity index is 3.74. The zero-order valence-electron chi connectivity index (χ0n) is 10.4. The van der Waals surface area contributed by atoms with Gasteiger partial charge < -0.3 is 0 Å². The Morgan fingerprint density at radius 3 is 2.08 bits per heavy atom. The van der Waals surface area contributed by atoms with Gasteiger partial charge in [0.1, 0.15) is 7.28 Å². The highest BCUT2D eigenvalue weighted by atomic mass is 14.2. The van der Waals surface area contributed by atoms with Gasteiger partial charge in [0.15, 0.2) is 0 Å². The van der Waals surface area contributed by atoms with Gasteiger partial charge in [0, 0.05) is 0 Å². The molecule has 0 bridgehead atoms. The van der Waals surface area contributed by atoms with Crippen molar-refractivity contribution in [2.45, 2.75) is 66.0 Å². The summed E-state index contributed by atoms with van der Waals surface area (Å²) in [6.07, 6.45) is 3.96. The van der Waals surface area contributed by atoms with Gasteiger partial charge in [0.05, 0.1) is 0 Å². The molecule has 1 heteroatoms. The summed E-state index contributed by atoms with van der Waals surface area (Å²) in [6, 6.07) is 0. The van der Waals surface area contributed by atoms with E-state index in [9.17, 15) is 0 Å². The van der Waals surface area contributed by atoms with Crippen molar-refractivity contribution < 1.29 is 0 Å². The lowest BCUT2D eigenvalue weighted by Gasteiger charge is -2.29. The van der Waals surface area contributed by atoms with E-state index >= 15 is 0 Å². The zero-order chi connectivity index (χ0) is 10.5. The van der Waals surface area contributed by atoms with E-state index in [4.69, 9.17) is 0 Å². The maximum atomic E-state index is 2.51. The predicted octanol–water partition coefficient (Wildman–Crippen LogP) is 4.40. The third-order valence-electron chi connectivity index (χ3n) is 3.32. The molecule has 0 rings (SSSR count). The Hall–Kier alpha value is 0.0649. The van der Waals surface area contributed by atoms with Gasteiger partial charge in [-0.3, -0.25) is 0 Å². The van der Waals surface area contributed by atoms with E-state index in [0.717, 1.165) is 11.8 Å². The van der Waals surface area contributed by atoms with E-state index in [2.05, 4.69) is 48.8 Å². The van der Waals surface area contributed by atoms with Crippen molar-refractivity contribution in [2.24, 2.45) is 11.8 Å². The highest BCUT2D eigenvalue weighted by Gasteiger charge is 2.23. The summed E-state index contributed by atoms with van der Waals surface area (Å²) in [6.45, 7) is 13.9. The average Bonchev–Trinajstić information content (AvgIpc) is 2.01. The van der Waals surface area contributed by atoms with Crippen LogP contribution in [0, 0.1) is 11.8 Å². The molecular formula is C12H26B. The molecule has 1 radical (unpaired) electrons. The Morgan fingerprint density at radius 2 is 1.69 bits per heavy atom. The fraction of sp³-hybridized carbons (Fsp3) is 1.00. The molecule has 0 aliphatic heterocycles. The SMILES string of the molecule is CCCC(C)C[B]C(C)(C)C(C)C. The first-order valence-electron chi connectivity index (χ1n) is 5.74. The standard InChI is InChI=1S/C12H26B/c1-7-8-11(4)9-13-12(5,6)10(2)3/h10-11H,7-9H2,1-6H3. The molecule has 0 aliphatic rings. The molecule has 0 heterocycles. The highest BCUT2D eigenvalue weighted by molar-refractivity contribution is 6.39. The predicted molar refractivity (Wildman–Crippen MR) is 63.5 cm³/mol. The highest BCUT2D eigenvalue weighted by Crippen LogP contribution is 2.34. The van der Waals surface area contributed by atoms with Crippen molar-refractivity contribution in [3.8, 4) is 0 Å². The van der Waals surface area contributed by atoms with Crippen LogP contribution >= 0.6 is 0 Å². The molecule has 0 saturated carbocycles. The van der Waals surface area contributed by atoms with Crippen molar-refractivity contribution in [1.29, 1.82) is 0 Å². The Labute approximate surface area is 85.7 Å². The van der Waals surface area contributed by atoms with Crippen molar-refractivity contribution in [3.05, 3.63) is 0 Å². The third-order valence-corrected chi connectivity index (χ3v) is 3.32. The molecule has 0 N–H and O–H groups in total. The van der Waals surface area contributed by atoms with Gasteiger partial charge >= 0.3 is 0 Å². The Bertz CT molecular complexity index is 127. The summed E-state index contributed by atoms with van der Waals surface area (Å²) in [7, 11) is 2.51. The molecule has 0 aromatic carbocycles. The van der Waals surface area contributed by atoms with Crippen LogP contribution in [0.25, 0.3) is 0 Å². The largest absolute Gasteiger partial charge is 0.117 e. The second kappa shape index (κ2) is 5.72. The molecule has 1 unspecified atom stereocenters. The van der Waals surface area contributed by atoms with E-state index in [1.54, 1.807) is 0 Å². The van der Waals surface area contributed by atoms with Crippen molar-refractivity contribution in [3.63, 3.8) is 0 Å². The minimum absolute atomic E-state index is 0.405. The van der Waals surface area contributed by atoms with Crippen LogP contribution < -0.4 is 0 Å². The molecule has 0 aromatic rings. The maximum Gasteiger partial charge on any atom is 0.117 e. The molecule has 0 aromatic heterocycles. The second-order valence-corrected chi connectivity index (χ2v) is 5.31. The average molecular weight is 181 g/mol. The van der Waals surface area contributed by atoms with Gasteiger partial charge in [-0.1, -0.05) is 71.9 Å². The molecule has 1 atom stereocenters. The van der Waals surface area contributed by atoms with E-state index < -0.39 is 0 Å². The Kier molecular flexibility index (Phi) is 5.75. The fourth-order valence-corrected chi connectivity index (χ4v) is 1.35. The van der Waals surface area contributed by atoms with Gasteiger partial charge in [-0.15, -0.1) is 0 Å². The summed E-state index contributed by atoms with van der Waals surface area (Å²) in [4.78, 5) is 0. The maximum absolute atomic E-state index is 2.51. The molecule has 0 fully saturated rings. The summed E-state index contributed by atoms with van der Waals surface area (Å²) < 4.78 is 0. The van der Waals surface area contributed by atoms with Crippen LogP contribution in [0.5, 0.6) is 0 Å². The number of hydrogen-bond acceptors (Lipinski definition) is 0. The van der Waals surface area contributed by atoms with E-state index in [1.165, 1.54) is 19.2 Å². The minimum Gasteiger partial charge on any atom is -0.0771 e. The smallest absolute Gasteiger partial charge is 0.0771 e. The van der Waals surface area contributed by atoms with Crippen molar-refractivity contribution >= 4 is 7.28 Å². The number of rotatable bonds is 6. The van der Waals surface area contributed by atoms with Gasteiger partial charge in [-0.25, -0.2) is 0 Å². The molecule has 0 saturated heterocycles. The van der Waals surface area contributed by atoms with Crippen LogP contribution in [0.1, 0.15) is 54.4 Å². The zero-order valence-corrected chi connectivity index (χ0v) is 10.4. The third kappa shape index (κ3) is 5.39. The van der Waals surface area contributed by atoms with Crippen molar-refractivity contribution in [1.82, 2.24) is 0 Å². The lowest BCUT2D eigenvalue weighted by molar-refractivity contribution is 0.464. The quantitative estimate of drug-likeness (QED) is 0.532. The topological polar surface area (TPSA) is 0 Å². The van der Waals surface area contributed by atoms with Gasteiger partial charge in [-0.2, -0.15) is 0 Å². The van der Waals surface area contributed by atoms with Crippen LogP contribution in [0.2, 0.25) is 11.6 Å².